The maximum absolute atomic E-state index is 13.0. The second kappa shape index (κ2) is 9.17. The summed E-state index contributed by atoms with van der Waals surface area (Å²) in [5.74, 6) is 0.168. The maximum Gasteiger partial charge on any atom is 0.322 e. The number of carbonyl (C=O) groups excluding carboxylic acids is 1. The molecule has 0 spiro atoms. The van der Waals surface area contributed by atoms with Gasteiger partial charge in [0.05, 0.1) is 11.4 Å². The van der Waals surface area contributed by atoms with Gasteiger partial charge in [-0.15, -0.1) is 0 Å². The second-order valence-electron chi connectivity index (χ2n) is 7.25. The molecule has 0 unspecified atom stereocenters. The van der Waals surface area contributed by atoms with Crippen LogP contribution in [-0.4, -0.2) is 31.1 Å². The van der Waals surface area contributed by atoms with Crippen LogP contribution >= 0.6 is 0 Å². The number of nitrogens with zero attached hydrogens (tertiary/aromatic N) is 1. The van der Waals surface area contributed by atoms with Gasteiger partial charge in [-0.1, -0.05) is 48.5 Å². The summed E-state index contributed by atoms with van der Waals surface area (Å²) in [5, 5.41) is 5.06. The summed E-state index contributed by atoms with van der Waals surface area (Å²) in [7, 11) is -3.56. The highest BCUT2D eigenvalue weighted by molar-refractivity contribution is 7.87. The standard InChI is InChI=1S/C23H26N2O4S/c1-4-30(27,28)29-20-14-12-18(13-15-20)16-25(17(2)3)23(26)24-22-11-7-9-19-8-5-6-10-21(19)22/h5-15,17H,4,16H2,1-3H3,(H,24,26). The second-order valence-corrected chi connectivity index (χ2v) is 9.11. The molecule has 1 N–H and O–H groups in total. The third-order valence-electron chi connectivity index (χ3n) is 4.77. The molecule has 3 aromatic carbocycles. The first-order valence-corrected chi connectivity index (χ1v) is 11.4. The lowest BCUT2D eigenvalue weighted by Crippen LogP contribution is -2.39. The lowest BCUT2D eigenvalue weighted by molar-refractivity contribution is 0.193. The smallest absolute Gasteiger partial charge is 0.322 e. The zero-order valence-corrected chi connectivity index (χ0v) is 18.1. The van der Waals surface area contributed by atoms with Crippen LogP contribution in [0.4, 0.5) is 10.5 Å². The van der Waals surface area contributed by atoms with Gasteiger partial charge in [0, 0.05) is 18.0 Å². The molecule has 3 rings (SSSR count). The first-order chi connectivity index (χ1) is 14.3. The van der Waals surface area contributed by atoms with Crippen LogP contribution in [0.5, 0.6) is 5.75 Å². The molecule has 0 radical (unpaired) electrons. The van der Waals surface area contributed by atoms with Crippen LogP contribution in [0, 0.1) is 0 Å². The molecule has 7 heteroatoms. The third kappa shape index (κ3) is 5.30. The van der Waals surface area contributed by atoms with E-state index in [0.29, 0.717) is 6.54 Å². The van der Waals surface area contributed by atoms with E-state index in [4.69, 9.17) is 4.18 Å². The molecule has 0 aliphatic rings. The Kier molecular flexibility index (Phi) is 6.62. The highest BCUT2D eigenvalue weighted by Gasteiger charge is 2.18. The summed E-state index contributed by atoms with van der Waals surface area (Å²) in [6, 6.07) is 20.2. The molecule has 0 fully saturated rings. The van der Waals surface area contributed by atoms with Crippen molar-refractivity contribution in [1.82, 2.24) is 4.90 Å². The predicted molar refractivity (Wildman–Crippen MR) is 120 cm³/mol. The molecule has 0 aliphatic heterocycles. The zero-order chi connectivity index (χ0) is 21.7. The topological polar surface area (TPSA) is 75.7 Å². The molecule has 0 aliphatic carbocycles. The first kappa shape index (κ1) is 21.6. The van der Waals surface area contributed by atoms with Crippen LogP contribution in [0.25, 0.3) is 10.8 Å². The largest absolute Gasteiger partial charge is 0.382 e. The van der Waals surface area contributed by atoms with E-state index < -0.39 is 10.1 Å². The van der Waals surface area contributed by atoms with Crippen LogP contribution in [0.1, 0.15) is 26.3 Å². The molecule has 30 heavy (non-hydrogen) atoms. The van der Waals surface area contributed by atoms with E-state index in [1.165, 1.54) is 6.92 Å². The number of fused-ring (bicyclic) bond motifs is 1. The monoisotopic (exact) mass is 426 g/mol. The molecule has 0 aromatic heterocycles. The average Bonchev–Trinajstić information content (AvgIpc) is 2.73. The van der Waals surface area contributed by atoms with Crippen molar-refractivity contribution in [2.45, 2.75) is 33.4 Å². The van der Waals surface area contributed by atoms with Crippen LogP contribution < -0.4 is 9.50 Å². The Bertz CT molecular complexity index is 1120. The minimum absolute atomic E-state index is 0.0311. The summed E-state index contributed by atoms with van der Waals surface area (Å²) < 4.78 is 28.2. The Balaban J connectivity index is 1.75. The quantitative estimate of drug-likeness (QED) is 0.539. The van der Waals surface area contributed by atoms with E-state index in [0.717, 1.165) is 22.0 Å². The number of hydrogen-bond donors (Lipinski definition) is 1. The first-order valence-electron chi connectivity index (χ1n) is 9.85. The highest BCUT2D eigenvalue weighted by atomic mass is 32.2. The molecule has 158 valence electrons. The number of carbonyl (C=O) groups is 1. The van der Waals surface area contributed by atoms with Crippen molar-refractivity contribution < 1.29 is 17.4 Å². The fourth-order valence-corrected chi connectivity index (χ4v) is 3.59. The summed E-state index contributed by atoms with van der Waals surface area (Å²) in [6.07, 6.45) is 0. The van der Waals surface area contributed by atoms with E-state index in [1.807, 2.05) is 56.3 Å². The van der Waals surface area contributed by atoms with E-state index in [2.05, 4.69) is 5.32 Å². The molecular formula is C23H26N2O4S. The molecule has 2 amide bonds. The highest BCUT2D eigenvalue weighted by Crippen LogP contribution is 2.24. The molecular weight excluding hydrogens is 400 g/mol. The Hall–Kier alpha value is -3.06. The molecule has 0 atom stereocenters. The maximum atomic E-state index is 13.0. The van der Waals surface area contributed by atoms with Crippen molar-refractivity contribution >= 4 is 32.6 Å². The SMILES string of the molecule is CCS(=O)(=O)Oc1ccc(CN(C(=O)Nc2cccc3ccccc23)C(C)C)cc1. The third-order valence-corrected chi connectivity index (χ3v) is 5.92. The lowest BCUT2D eigenvalue weighted by Gasteiger charge is -2.27. The number of urea groups is 1. The minimum atomic E-state index is -3.56. The van der Waals surface area contributed by atoms with Crippen molar-refractivity contribution in [2.75, 3.05) is 11.1 Å². The number of benzene rings is 3. The van der Waals surface area contributed by atoms with Crippen LogP contribution in [0.2, 0.25) is 0 Å². The minimum Gasteiger partial charge on any atom is -0.382 e. The van der Waals surface area contributed by atoms with Crippen molar-refractivity contribution in [3.05, 3.63) is 72.3 Å². The summed E-state index contributed by atoms with van der Waals surface area (Å²) in [6.45, 7) is 5.82. The fraction of sp³-hybridized carbons (Fsp3) is 0.261. The Labute approximate surface area is 177 Å². The van der Waals surface area contributed by atoms with Gasteiger partial charge in [0.15, 0.2) is 0 Å². The Morgan fingerprint density at radius 3 is 2.33 bits per heavy atom. The van der Waals surface area contributed by atoms with Crippen molar-refractivity contribution in [2.24, 2.45) is 0 Å². The van der Waals surface area contributed by atoms with Gasteiger partial charge < -0.3 is 14.4 Å². The normalized spacial score (nSPS) is 11.5. The Morgan fingerprint density at radius 2 is 1.67 bits per heavy atom. The van der Waals surface area contributed by atoms with Crippen LogP contribution in [-0.2, 0) is 16.7 Å². The van der Waals surface area contributed by atoms with Gasteiger partial charge in [0.2, 0.25) is 0 Å². The van der Waals surface area contributed by atoms with Gasteiger partial charge in [-0.25, -0.2) is 4.79 Å². The van der Waals surface area contributed by atoms with Gasteiger partial charge >= 0.3 is 16.1 Å². The summed E-state index contributed by atoms with van der Waals surface area (Å²) in [5.41, 5.74) is 1.63. The van der Waals surface area contributed by atoms with E-state index in [1.54, 1.807) is 29.2 Å². The number of hydrogen-bond acceptors (Lipinski definition) is 4. The number of amides is 2. The summed E-state index contributed by atoms with van der Waals surface area (Å²) >= 11 is 0. The van der Waals surface area contributed by atoms with Crippen LogP contribution in [0.15, 0.2) is 66.7 Å². The number of anilines is 1. The van der Waals surface area contributed by atoms with Crippen molar-refractivity contribution in [3.8, 4) is 5.75 Å². The molecule has 0 saturated carbocycles. The van der Waals surface area contributed by atoms with Crippen molar-refractivity contribution in [1.29, 1.82) is 0 Å². The fourth-order valence-electron chi connectivity index (χ4n) is 3.06. The van der Waals surface area contributed by atoms with E-state index >= 15 is 0 Å². The van der Waals surface area contributed by atoms with E-state index in [-0.39, 0.29) is 23.6 Å². The average molecular weight is 427 g/mol. The Morgan fingerprint density at radius 1 is 1.00 bits per heavy atom. The predicted octanol–water partition coefficient (Wildman–Crippen LogP) is 5.01. The number of nitrogens with one attached hydrogen (secondary N) is 1. The molecule has 0 saturated heterocycles. The summed E-state index contributed by atoms with van der Waals surface area (Å²) in [4.78, 5) is 14.7. The van der Waals surface area contributed by atoms with Gasteiger partial charge in [0.1, 0.15) is 5.75 Å². The van der Waals surface area contributed by atoms with Crippen LogP contribution in [0.3, 0.4) is 0 Å². The molecule has 0 heterocycles. The zero-order valence-electron chi connectivity index (χ0n) is 17.3. The molecule has 3 aromatic rings. The van der Waals surface area contributed by atoms with Gasteiger partial charge in [-0.3, -0.25) is 0 Å². The molecule has 0 bridgehead atoms. The molecule has 6 nitrogen and oxygen atoms in total. The van der Waals surface area contributed by atoms with E-state index in [9.17, 15) is 13.2 Å². The van der Waals surface area contributed by atoms with Gasteiger partial charge in [0.25, 0.3) is 0 Å². The van der Waals surface area contributed by atoms with Gasteiger partial charge in [-0.2, -0.15) is 8.42 Å². The number of rotatable bonds is 7. The lowest BCUT2D eigenvalue weighted by atomic mass is 10.1. The van der Waals surface area contributed by atoms with Gasteiger partial charge in [-0.05, 0) is 49.9 Å². The van der Waals surface area contributed by atoms with Crippen molar-refractivity contribution in [3.63, 3.8) is 0 Å².